The van der Waals surface area contributed by atoms with Crippen LogP contribution >= 0.6 is 0 Å². The van der Waals surface area contributed by atoms with Crippen molar-refractivity contribution in [3.8, 4) is 0 Å². The molecule has 9 aliphatic heterocycles. The number of ether oxygens (including phenoxy) is 17. The van der Waals surface area contributed by atoms with Crippen molar-refractivity contribution < 1.29 is 247 Å². The summed E-state index contributed by atoms with van der Waals surface area (Å²) < 4.78 is 101. The monoisotopic (exact) mass is 1780 g/mol. The lowest BCUT2D eigenvalue weighted by Gasteiger charge is -2.52. The summed E-state index contributed by atoms with van der Waals surface area (Å²) in [6.45, 7) is -2.51. The maximum absolute atomic E-state index is 13.4. The van der Waals surface area contributed by atoms with Crippen LogP contribution in [0, 0.1) is 0 Å². The number of carbonyl (C=O) groups excluding carboxylic acids is 4. The molecule has 54 nitrogen and oxygen atoms in total. The van der Waals surface area contributed by atoms with Crippen LogP contribution in [0.4, 0.5) is 0 Å². The van der Waals surface area contributed by atoms with Crippen molar-refractivity contribution in [3.63, 3.8) is 0 Å². The molecule has 0 aromatic carbocycles. The largest absolute Gasteiger partial charge is 0.477 e. The van der Waals surface area contributed by atoms with E-state index in [-0.39, 0.29) is 0 Å². The van der Waals surface area contributed by atoms with Crippen LogP contribution in [0.15, 0.2) is 0 Å². The average Bonchev–Trinajstić information content (AvgIpc) is 0.752. The topological polar surface area (TPSA) is 854 Å². The number of carboxylic acid groups (broad SMARTS) is 2. The predicted octanol–water partition coefficient (Wildman–Crippen LogP) is -19.6. The highest BCUT2D eigenvalue weighted by Crippen LogP contribution is 2.44. The molecule has 0 spiro atoms. The fraction of sp³-hybridized carbons (Fsp3) is 0.912. The van der Waals surface area contributed by atoms with Gasteiger partial charge in [-0.2, -0.15) is 0 Å². The van der Waals surface area contributed by atoms with Crippen LogP contribution in [-0.4, -0.2) is 507 Å². The van der Waals surface area contributed by atoms with Crippen LogP contribution in [0.3, 0.4) is 0 Å². The van der Waals surface area contributed by atoms with E-state index in [1.165, 1.54) is 13.8 Å². The summed E-state index contributed by atoms with van der Waals surface area (Å²) in [6, 6.07) is -7.59. The van der Waals surface area contributed by atoms with Gasteiger partial charge in [0.1, 0.15) is 195 Å². The van der Waals surface area contributed by atoms with Crippen LogP contribution in [0.2, 0.25) is 0 Å². The molecule has 31 N–H and O–H groups in total. The average molecular weight is 1790 g/mol. The van der Waals surface area contributed by atoms with E-state index >= 15 is 0 Å². The van der Waals surface area contributed by atoms with Gasteiger partial charge in [0.2, 0.25) is 23.6 Å². The van der Waals surface area contributed by atoms with Crippen molar-refractivity contribution in [3.05, 3.63) is 0 Å². The van der Waals surface area contributed by atoms with Crippen LogP contribution in [-0.2, 0) is 109 Å². The Bertz CT molecular complexity index is 3410. The quantitative estimate of drug-likeness (QED) is 0.0290. The van der Waals surface area contributed by atoms with Gasteiger partial charge < -0.3 is 240 Å². The number of amides is 4. The number of aliphatic hydroxyl groups excluding tert-OH is 25. The summed E-state index contributed by atoms with van der Waals surface area (Å²) in [6.07, 6.45) is -91.9. The summed E-state index contributed by atoms with van der Waals surface area (Å²) in [5.41, 5.74) is 0. The number of nitrogens with one attached hydrogen (secondary N) is 4. The van der Waals surface area contributed by atoms with E-state index < -0.39 is 382 Å². The van der Waals surface area contributed by atoms with Gasteiger partial charge in [-0.1, -0.05) is 0 Å². The number of aliphatic carboxylic acids is 2. The zero-order chi connectivity index (χ0) is 90.7. The molecule has 47 atom stereocenters. The van der Waals surface area contributed by atoms with E-state index in [9.17, 15) is 167 Å². The summed E-state index contributed by atoms with van der Waals surface area (Å²) in [5, 5.41) is 309. The molecule has 9 aliphatic rings. The number of carboxylic acids is 2. The SMILES string of the molecule is CC(=O)N[C@H]1[C@H](OC[C@H]2OC(O)[C@H](O[C@@H]3O[C@H](CO)[C@@H](O[C@@H]4O[C@H](CO)[C@H](O)[C@H](O[C@]5(C(=O)O)C[C@H](O)[C@@H](NC(C)=O)[C@H]([C@H](O)[C@H](O)CO)O5)[C@H]4O)[C@H](O[C@@H]4O[C@@H](C)[C@@H](O)[C@@H](O)[C@@H]4O)[C@H]3NC(C)=O)[C@@H](O)[C@H]2O)O[C@H](CO)[C@@H](O[C@@H]2O[C@H](CO)[C@H](O)[C@H](O[C@]3(C(=O)O)C[C@H](O)[C@@H](NC(C)=O)[C@H]([C@H](O)[C@H](O)CO)O3)[C@H]2O)[C@@H]1O[C@@H]1O[C@@H](C)[C@@H](O)[C@@H](O)[C@@H]1O. The zero-order valence-corrected chi connectivity index (χ0v) is 65.8. The molecule has 0 bridgehead atoms. The summed E-state index contributed by atoms with van der Waals surface area (Å²) in [4.78, 5) is 78.1. The molecule has 0 saturated carbocycles. The van der Waals surface area contributed by atoms with Gasteiger partial charge in [-0.25, -0.2) is 9.59 Å². The number of hydrogen-bond acceptors (Lipinski definition) is 48. The highest BCUT2D eigenvalue weighted by Gasteiger charge is 2.65. The molecule has 9 fully saturated rings. The van der Waals surface area contributed by atoms with Crippen molar-refractivity contribution in [1.82, 2.24) is 21.3 Å². The third-order valence-electron chi connectivity index (χ3n) is 22.2. The van der Waals surface area contributed by atoms with Crippen LogP contribution in [0.5, 0.6) is 0 Å². The molecule has 122 heavy (non-hydrogen) atoms. The van der Waals surface area contributed by atoms with Crippen LogP contribution < -0.4 is 21.3 Å². The van der Waals surface area contributed by atoms with Crippen LogP contribution in [0.1, 0.15) is 54.4 Å². The van der Waals surface area contributed by atoms with Gasteiger partial charge in [-0.05, 0) is 13.8 Å². The number of rotatable bonds is 33. The smallest absolute Gasteiger partial charge is 0.364 e. The van der Waals surface area contributed by atoms with Gasteiger partial charge in [0.15, 0.2) is 44.0 Å². The Morgan fingerprint density at radius 3 is 1.03 bits per heavy atom. The number of hydrogen-bond donors (Lipinski definition) is 31. The van der Waals surface area contributed by atoms with Gasteiger partial charge >= 0.3 is 11.9 Å². The minimum absolute atomic E-state index is 0.880. The Hall–Kier alpha value is -4.86. The van der Waals surface area contributed by atoms with E-state index in [0.717, 1.165) is 27.7 Å². The van der Waals surface area contributed by atoms with Gasteiger partial charge in [0.05, 0.1) is 82.7 Å². The lowest BCUT2D eigenvalue weighted by atomic mass is 9.88. The Balaban J connectivity index is 0.993. The highest BCUT2D eigenvalue weighted by molar-refractivity contribution is 5.78. The second kappa shape index (κ2) is 42.6. The standard InChI is InChI=1S/C68H112N4O50/c1-16-35(87)42(94)45(97)61(107-16)116-53-33(71-20(5)81)59(112-28(13-77)49(53)114-63-47(99)55(40(92)26(11-75)110-63)121-67(65(102)103)7-22(83)31(69-18(3)79)51(119-67)37(89)24(85)9-73)106-15-30-39(91)44(96)57(58(101)109-30)118-60-34(72-21(6)82)54(117-62-46(98)43(95)36(88)17(2)108-62)50(29(14-78)113-60)115-64-48(100)56(41(93)27(12-76)111-64)122-68(66(104)105)8-23(84)32(70-19(4)80)52(120-68)38(90)25(86)10-74/h16-17,22-64,73-78,83-101H,7-15H2,1-6H3,(H,69,79)(H,70,80)(H,71,81)(H,72,82)(H,102,103)(H,104,105)/t16-,17-,22-,23-,24+,25+,26+,27+,28+,29+,30+,31+,32+,33+,34+,35+,36+,37+,38+,39-,40-,41-,42+,43+,44-,45-,46-,47+,48+,49+,50+,51+,52+,53+,54+,55-,56-,57+,58?,59+,60-,61-,62-,63-,64-,67-,68-/m0/s1. The second-order valence-electron chi connectivity index (χ2n) is 31.0. The maximum Gasteiger partial charge on any atom is 0.364 e. The molecule has 0 aromatic heterocycles. The zero-order valence-electron chi connectivity index (χ0n) is 65.8. The first-order chi connectivity index (χ1) is 57.3. The van der Waals surface area contributed by atoms with Crippen molar-refractivity contribution in [1.29, 1.82) is 0 Å². The van der Waals surface area contributed by atoms with E-state index in [1.54, 1.807) is 0 Å². The number of carbonyl (C=O) groups is 6. The first kappa shape index (κ1) is 101. The molecule has 0 aliphatic carbocycles. The minimum Gasteiger partial charge on any atom is -0.477 e. The van der Waals surface area contributed by atoms with Crippen molar-refractivity contribution in [2.24, 2.45) is 0 Å². The van der Waals surface area contributed by atoms with E-state index in [0.29, 0.717) is 0 Å². The molecule has 9 rings (SSSR count). The second-order valence-corrected chi connectivity index (χ2v) is 31.0. The molecule has 0 radical (unpaired) electrons. The van der Waals surface area contributed by atoms with Gasteiger partial charge in [0, 0.05) is 40.5 Å². The molecule has 0 aromatic rings. The molecular weight excluding hydrogens is 1670 g/mol. The minimum atomic E-state index is -3.34. The van der Waals surface area contributed by atoms with Gasteiger partial charge in [0.25, 0.3) is 11.6 Å². The third kappa shape index (κ3) is 21.8. The first-order valence-corrected chi connectivity index (χ1v) is 38.6. The molecule has 9 saturated heterocycles. The van der Waals surface area contributed by atoms with E-state index in [1.807, 2.05) is 0 Å². The Morgan fingerprint density at radius 2 is 0.680 bits per heavy atom. The molecule has 54 heteroatoms. The number of aliphatic hydroxyl groups is 25. The molecule has 9 heterocycles. The molecule has 1 unspecified atom stereocenters. The molecular formula is C68H112N4O50. The lowest BCUT2D eigenvalue weighted by molar-refractivity contribution is -0.399. The van der Waals surface area contributed by atoms with E-state index in [2.05, 4.69) is 21.3 Å². The fourth-order valence-corrected chi connectivity index (χ4v) is 15.8. The summed E-state index contributed by atoms with van der Waals surface area (Å²) in [5.74, 6) is -14.8. The Labute approximate surface area is 690 Å². The fourth-order valence-electron chi connectivity index (χ4n) is 15.8. The molecule has 4 amide bonds. The van der Waals surface area contributed by atoms with E-state index in [4.69, 9.17) is 80.5 Å². The van der Waals surface area contributed by atoms with Crippen molar-refractivity contribution in [2.45, 2.75) is 342 Å². The highest BCUT2D eigenvalue weighted by atomic mass is 16.8. The van der Waals surface area contributed by atoms with Gasteiger partial charge in [-0.15, -0.1) is 0 Å². The first-order valence-electron chi connectivity index (χ1n) is 38.6. The predicted molar refractivity (Wildman–Crippen MR) is 375 cm³/mol. The van der Waals surface area contributed by atoms with Crippen LogP contribution in [0.25, 0.3) is 0 Å². The summed E-state index contributed by atoms with van der Waals surface area (Å²) in [7, 11) is 0. The lowest BCUT2D eigenvalue weighted by Crippen LogP contribution is -2.72. The third-order valence-corrected chi connectivity index (χ3v) is 22.2. The maximum atomic E-state index is 13.4. The molecule has 704 valence electrons. The summed E-state index contributed by atoms with van der Waals surface area (Å²) >= 11 is 0. The van der Waals surface area contributed by atoms with Gasteiger partial charge in [-0.3, -0.25) is 19.2 Å². The van der Waals surface area contributed by atoms with Crippen molar-refractivity contribution in [2.75, 3.05) is 46.2 Å². The van der Waals surface area contributed by atoms with Crippen molar-refractivity contribution >= 4 is 35.6 Å². The Morgan fingerprint density at radius 1 is 0.352 bits per heavy atom. The Kier molecular flexibility index (Phi) is 35.2. The normalized spacial score (nSPS) is 46.9.